The largest absolute Gasteiger partial charge is 0.326 e. The van der Waals surface area contributed by atoms with E-state index in [9.17, 15) is 8.42 Å². The average molecular weight is 329 g/mol. The smallest absolute Gasteiger partial charge is 0.179 e. The quantitative estimate of drug-likeness (QED) is 0.892. The predicted molar refractivity (Wildman–Crippen MR) is 89.3 cm³/mol. The molecule has 0 saturated carbocycles. The van der Waals surface area contributed by atoms with E-state index >= 15 is 0 Å². The van der Waals surface area contributed by atoms with Crippen LogP contribution in [0.15, 0.2) is 29.2 Å². The zero-order valence-electron chi connectivity index (χ0n) is 12.7. The summed E-state index contributed by atoms with van der Waals surface area (Å²) in [4.78, 5) is 2.65. The molecule has 1 aliphatic heterocycles. The topological polar surface area (TPSA) is 63.4 Å². The van der Waals surface area contributed by atoms with Gasteiger partial charge in [-0.05, 0) is 17.7 Å². The first-order valence-electron chi connectivity index (χ1n) is 7.30. The molecule has 1 saturated heterocycles. The summed E-state index contributed by atoms with van der Waals surface area (Å²) in [6.45, 7) is 7.30. The molecule has 1 heterocycles. The van der Waals surface area contributed by atoms with Crippen LogP contribution in [-0.2, 0) is 16.4 Å². The Morgan fingerprint density at radius 2 is 1.95 bits per heavy atom. The standard InChI is InChI=1S/C15H24N2O2S2/c1-12-10-17(11-13(2)20-12)6-7-21(18,19)15-5-3-4-14(8-15)9-16/h3-5,8,12-13H,6-7,9-11,16H2,1-2H3. The summed E-state index contributed by atoms with van der Waals surface area (Å²) in [5.41, 5.74) is 6.43. The summed E-state index contributed by atoms with van der Waals surface area (Å²) in [5.74, 6) is 0.172. The maximum absolute atomic E-state index is 12.4. The lowest BCUT2D eigenvalue weighted by Gasteiger charge is -2.34. The molecule has 6 heteroatoms. The van der Waals surface area contributed by atoms with Crippen LogP contribution in [0.5, 0.6) is 0 Å². The fraction of sp³-hybridized carbons (Fsp3) is 0.600. The second-order valence-electron chi connectivity index (χ2n) is 5.69. The van der Waals surface area contributed by atoms with E-state index in [-0.39, 0.29) is 5.75 Å². The molecule has 1 aromatic carbocycles. The van der Waals surface area contributed by atoms with Crippen LogP contribution in [0.25, 0.3) is 0 Å². The van der Waals surface area contributed by atoms with Gasteiger partial charge in [-0.15, -0.1) is 0 Å². The Morgan fingerprint density at radius 1 is 1.29 bits per heavy atom. The first-order valence-corrected chi connectivity index (χ1v) is 9.90. The molecule has 1 aromatic rings. The maximum atomic E-state index is 12.4. The third-order valence-electron chi connectivity index (χ3n) is 3.66. The highest BCUT2D eigenvalue weighted by atomic mass is 32.2. The van der Waals surface area contributed by atoms with E-state index in [2.05, 4.69) is 18.7 Å². The van der Waals surface area contributed by atoms with Crippen LogP contribution in [-0.4, -0.2) is 49.2 Å². The molecule has 2 atom stereocenters. The van der Waals surface area contributed by atoms with Crippen molar-refractivity contribution in [3.63, 3.8) is 0 Å². The highest BCUT2D eigenvalue weighted by Crippen LogP contribution is 2.24. The third-order valence-corrected chi connectivity index (χ3v) is 6.58. The van der Waals surface area contributed by atoms with Crippen molar-refractivity contribution in [1.82, 2.24) is 4.90 Å². The van der Waals surface area contributed by atoms with Crippen LogP contribution in [0.4, 0.5) is 0 Å². The normalized spacial score (nSPS) is 24.1. The van der Waals surface area contributed by atoms with Crippen LogP contribution in [0.1, 0.15) is 19.4 Å². The summed E-state index contributed by atoms with van der Waals surface area (Å²) >= 11 is 1.97. The summed E-state index contributed by atoms with van der Waals surface area (Å²) in [5, 5.41) is 1.13. The van der Waals surface area contributed by atoms with Crippen LogP contribution in [0, 0.1) is 0 Å². The fourth-order valence-corrected chi connectivity index (χ4v) is 5.44. The van der Waals surface area contributed by atoms with Gasteiger partial charge in [0.15, 0.2) is 9.84 Å². The molecule has 0 radical (unpaired) electrons. The number of benzene rings is 1. The molecule has 21 heavy (non-hydrogen) atoms. The second kappa shape index (κ2) is 7.13. The molecule has 0 bridgehead atoms. The fourth-order valence-electron chi connectivity index (χ4n) is 2.70. The van der Waals surface area contributed by atoms with Crippen LogP contribution < -0.4 is 5.73 Å². The van der Waals surface area contributed by atoms with Gasteiger partial charge in [0, 0.05) is 36.7 Å². The Hall–Kier alpha value is -0.560. The average Bonchev–Trinajstić information content (AvgIpc) is 2.44. The molecule has 1 aliphatic rings. The van der Waals surface area contributed by atoms with Crippen molar-refractivity contribution >= 4 is 21.6 Å². The molecule has 0 aliphatic carbocycles. The molecule has 0 amide bonds. The molecule has 2 unspecified atom stereocenters. The zero-order chi connectivity index (χ0) is 15.5. The molecular formula is C15H24N2O2S2. The molecule has 2 N–H and O–H groups in total. The van der Waals surface area contributed by atoms with Crippen molar-refractivity contribution in [2.24, 2.45) is 5.73 Å². The molecule has 0 spiro atoms. The third kappa shape index (κ3) is 4.71. The highest BCUT2D eigenvalue weighted by Gasteiger charge is 2.24. The molecule has 2 rings (SSSR count). The number of sulfone groups is 1. The van der Waals surface area contributed by atoms with Crippen LogP contribution in [0.3, 0.4) is 0 Å². The molecule has 118 valence electrons. The van der Waals surface area contributed by atoms with Crippen molar-refractivity contribution in [1.29, 1.82) is 0 Å². The van der Waals surface area contributed by atoms with E-state index in [4.69, 9.17) is 5.73 Å². The van der Waals surface area contributed by atoms with Gasteiger partial charge in [0.25, 0.3) is 0 Å². The van der Waals surface area contributed by atoms with Crippen molar-refractivity contribution in [2.45, 2.75) is 35.8 Å². The van der Waals surface area contributed by atoms with E-state index in [1.54, 1.807) is 18.2 Å². The van der Waals surface area contributed by atoms with E-state index in [1.807, 2.05) is 17.8 Å². The van der Waals surface area contributed by atoms with Crippen LogP contribution in [0.2, 0.25) is 0 Å². The summed E-state index contributed by atoms with van der Waals surface area (Å²) in [6.07, 6.45) is 0. The number of hydrogen-bond acceptors (Lipinski definition) is 5. The van der Waals surface area contributed by atoms with Crippen molar-refractivity contribution in [3.05, 3.63) is 29.8 Å². The van der Waals surface area contributed by atoms with E-state index < -0.39 is 9.84 Å². The Labute approximate surface area is 132 Å². The lowest BCUT2D eigenvalue weighted by atomic mass is 10.2. The lowest BCUT2D eigenvalue weighted by Crippen LogP contribution is -2.42. The Bertz CT molecular complexity index is 565. The molecule has 4 nitrogen and oxygen atoms in total. The van der Waals surface area contributed by atoms with Crippen molar-refractivity contribution in [3.8, 4) is 0 Å². The van der Waals surface area contributed by atoms with Gasteiger partial charge in [-0.3, -0.25) is 0 Å². The predicted octanol–water partition coefficient (Wildman–Crippen LogP) is 1.74. The van der Waals surface area contributed by atoms with Gasteiger partial charge in [0.05, 0.1) is 10.6 Å². The second-order valence-corrected chi connectivity index (χ2v) is 9.68. The maximum Gasteiger partial charge on any atom is 0.179 e. The number of thioether (sulfide) groups is 1. The van der Waals surface area contributed by atoms with Crippen molar-refractivity contribution < 1.29 is 8.42 Å². The Balaban J connectivity index is 2.00. The first kappa shape index (κ1) is 16.8. The minimum Gasteiger partial charge on any atom is -0.326 e. The zero-order valence-corrected chi connectivity index (χ0v) is 14.3. The molecule has 1 fully saturated rings. The molecule has 0 aromatic heterocycles. The Morgan fingerprint density at radius 3 is 2.57 bits per heavy atom. The highest BCUT2D eigenvalue weighted by molar-refractivity contribution is 8.00. The number of nitrogens with zero attached hydrogens (tertiary/aromatic N) is 1. The van der Waals surface area contributed by atoms with Gasteiger partial charge in [-0.25, -0.2) is 8.42 Å². The number of hydrogen-bond donors (Lipinski definition) is 1. The van der Waals surface area contributed by atoms with Gasteiger partial charge in [0.2, 0.25) is 0 Å². The Kier molecular flexibility index (Phi) is 5.71. The van der Waals surface area contributed by atoms with Crippen molar-refractivity contribution in [2.75, 3.05) is 25.4 Å². The van der Waals surface area contributed by atoms with E-state index in [0.717, 1.165) is 18.7 Å². The minimum absolute atomic E-state index is 0.172. The van der Waals surface area contributed by atoms with Gasteiger partial charge >= 0.3 is 0 Å². The van der Waals surface area contributed by atoms with Gasteiger partial charge < -0.3 is 10.6 Å². The summed E-state index contributed by atoms with van der Waals surface area (Å²) in [7, 11) is -3.23. The number of nitrogens with two attached hydrogens (primary N) is 1. The lowest BCUT2D eigenvalue weighted by molar-refractivity contribution is 0.286. The first-order chi connectivity index (χ1) is 9.90. The molecular weight excluding hydrogens is 304 g/mol. The summed E-state index contributed by atoms with van der Waals surface area (Å²) in [6, 6.07) is 6.96. The monoisotopic (exact) mass is 328 g/mol. The van der Waals surface area contributed by atoms with E-state index in [0.29, 0.717) is 28.5 Å². The van der Waals surface area contributed by atoms with Gasteiger partial charge in [-0.2, -0.15) is 11.8 Å². The van der Waals surface area contributed by atoms with Crippen LogP contribution >= 0.6 is 11.8 Å². The number of rotatable bonds is 5. The van der Waals surface area contributed by atoms with Gasteiger partial charge in [0.1, 0.15) is 0 Å². The summed E-state index contributed by atoms with van der Waals surface area (Å²) < 4.78 is 24.9. The van der Waals surface area contributed by atoms with Gasteiger partial charge in [-0.1, -0.05) is 26.0 Å². The van der Waals surface area contributed by atoms with E-state index in [1.165, 1.54) is 0 Å². The minimum atomic E-state index is -3.23. The SMILES string of the molecule is CC1CN(CCS(=O)(=O)c2cccc(CN)c2)CC(C)S1.